The highest BCUT2D eigenvalue weighted by molar-refractivity contribution is 6.23. The predicted molar refractivity (Wildman–Crippen MR) is 62.5 cm³/mol. The summed E-state index contributed by atoms with van der Waals surface area (Å²) in [6.45, 7) is 0. The Hall–Kier alpha value is -2.38. The number of benzene rings is 1. The van der Waals surface area contributed by atoms with Crippen LogP contribution in [0.2, 0.25) is 0 Å². The summed E-state index contributed by atoms with van der Waals surface area (Å²) in [5.74, 6) is -11.1. The Morgan fingerprint density at radius 3 is 2.29 bits per heavy atom. The van der Waals surface area contributed by atoms with Crippen LogP contribution in [-0.4, -0.2) is 22.9 Å². The normalized spacial score (nSPS) is 15.0. The second kappa shape index (κ2) is 5.55. The second-order valence-electron chi connectivity index (χ2n) is 4.48. The van der Waals surface area contributed by atoms with Gasteiger partial charge in [-0.05, 0) is 18.9 Å². The van der Waals surface area contributed by atoms with Gasteiger partial charge in [-0.2, -0.15) is 0 Å². The lowest BCUT2D eigenvalue weighted by Crippen LogP contribution is -2.20. The minimum absolute atomic E-state index is 0.0127. The van der Waals surface area contributed by atoms with E-state index in [9.17, 15) is 27.2 Å². The third-order valence-corrected chi connectivity index (χ3v) is 2.86. The van der Waals surface area contributed by atoms with Crippen LogP contribution in [0.15, 0.2) is 17.8 Å². The molecule has 0 aromatic heterocycles. The van der Waals surface area contributed by atoms with Crippen molar-refractivity contribution in [2.75, 3.05) is 0 Å². The van der Waals surface area contributed by atoms with Crippen molar-refractivity contribution in [2.24, 2.45) is 0 Å². The molecule has 0 atom stereocenters. The average Bonchev–Trinajstić information content (AvgIpc) is 3.24. The maximum atomic E-state index is 13.5. The van der Waals surface area contributed by atoms with Crippen LogP contribution in [-0.2, 0) is 4.79 Å². The molecule has 21 heavy (non-hydrogen) atoms. The first-order chi connectivity index (χ1) is 9.82. The summed E-state index contributed by atoms with van der Waals surface area (Å²) in [7, 11) is 0. The molecule has 0 saturated heterocycles. The molecule has 0 radical (unpaired) electrons. The number of hydrogen-bond donors (Lipinski definition) is 2. The molecule has 1 aromatic carbocycles. The number of Topliss-reactive ketones (excluding diaryl/α,β-unsaturated/α-hetero) is 1. The molecule has 112 valence electrons. The number of hydrogen-bond acceptors (Lipinski definition) is 3. The van der Waals surface area contributed by atoms with Crippen molar-refractivity contribution < 1.29 is 32.3 Å². The summed E-state index contributed by atoms with van der Waals surface area (Å²) < 4.78 is 52.4. The minimum Gasteiger partial charge on any atom is -0.477 e. The Balaban J connectivity index is 2.41. The molecular formula is C13H9F4NO3. The van der Waals surface area contributed by atoms with Crippen LogP contribution in [0.5, 0.6) is 0 Å². The van der Waals surface area contributed by atoms with E-state index < -0.39 is 46.2 Å². The van der Waals surface area contributed by atoms with E-state index in [2.05, 4.69) is 5.32 Å². The van der Waals surface area contributed by atoms with Crippen molar-refractivity contribution in [1.82, 2.24) is 5.32 Å². The Labute approximate surface area is 116 Å². The van der Waals surface area contributed by atoms with Gasteiger partial charge in [-0.15, -0.1) is 0 Å². The monoisotopic (exact) mass is 303 g/mol. The molecule has 4 nitrogen and oxygen atoms in total. The molecule has 0 unspecified atom stereocenters. The van der Waals surface area contributed by atoms with E-state index in [-0.39, 0.29) is 12.1 Å². The Morgan fingerprint density at radius 1 is 1.14 bits per heavy atom. The molecule has 1 aromatic rings. The van der Waals surface area contributed by atoms with Gasteiger partial charge in [0.05, 0.1) is 5.56 Å². The van der Waals surface area contributed by atoms with Crippen molar-refractivity contribution in [2.45, 2.75) is 18.9 Å². The summed E-state index contributed by atoms with van der Waals surface area (Å²) in [5, 5.41) is 11.5. The van der Waals surface area contributed by atoms with Crippen LogP contribution < -0.4 is 5.32 Å². The lowest BCUT2D eigenvalue weighted by molar-refractivity contribution is -0.132. The third kappa shape index (κ3) is 3.04. The molecule has 0 bridgehead atoms. The summed E-state index contributed by atoms with van der Waals surface area (Å²) >= 11 is 0. The molecule has 0 spiro atoms. The highest BCUT2D eigenvalue weighted by atomic mass is 19.2. The maximum Gasteiger partial charge on any atom is 0.341 e. The largest absolute Gasteiger partial charge is 0.477 e. The van der Waals surface area contributed by atoms with Gasteiger partial charge < -0.3 is 10.4 Å². The molecule has 0 amide bonds. The summed E-state index contributed by atoms with van der Waals surface area (Å²) in [4.78, 5) is 22.9. The van der Waals surface area contributed by atoms with Crippen molar-refractivity contribution >= 4 is 11.8 Å². The average molecular weight is 303 g/mol. The summed E-state index contributed by atoms with van der Waals surface area (Å²) in [6, 6.07) is 0.142. The van der Waals surface area contributed by atoms with Crippen LogP contribution in [0.1, 0.15) is 23.2 Å². The van der Waals surface area contributed by atoms with Gasteiger partial charge in [0.15, 0.2) is 23.3 Å². The second-order valence-corrected chi connectivity index (χ2v) is 4.48. The molecule has 0 aliphatic heterocycles. The molecule has 2 N–H and O–H groups in total. The van der Waals surface area contributed by atoms with Gasteiger partial charge in [0.25, 0.3) is 0 Å². The fourth-order valence-electron chi connectivity index (χ4n) is 1.56. The van der Waals surface area contributed by atoms with E-state index in [1.807, 2.05) is 0 Å². The van der Waals surface area contributed by atoms with Gasteiger partial charge in [-0.3, -0.25) is 4.79 Å². The smallest absolute Gasteiger partial charge is 0.341 e. The molecule has 0 heterocycles. The molecule has 1 fully saturated rings. The molecular weight excluding hydrogens is 294 g/mol. The number of carbonyl (C=O) groups excluding carboxylic acids is 1. The predicted octanol–water partition coefficient (Wildman–Crippen LogP) is 2.15. The van der Waals surface area contributed by atoms with Crippen molar-refractivity contribution in [1.29, 1.82) is 0 Å². The van der Waals surface area contributed by atoms with E-state index in [4.69, 9.17) is 5.11 Å². The number of carbonyl (C=O) groups is 2. The molecule has 8 heteroatoms. The van der Waals surface area contributed by atoms with E-state index in [0.717, 1.165) is 19.0 Å². The SMILES string of the molecule is O=C(O)/C(=C\NC1CC1)C(=O)c1cc(F)c(F)c(F)c1F. The van der Waals surface area contributed by atoms with Crippen LogP contribution in [0.3, 0.4) is 0 Å². The fraction of sp³-hybridized carbons (Fsp3) is 0.231. The number of rotatable bonds is 5. The Morgan fingerprint density at radius 2 is 1.76 bits per heavy atom. The first kappa shape index (κ1) is 15.0. The van der Waals surface area contributed by atoms with E-state index in [0.29, 0.717) is 0 Å². The van der Waals surface area contributed by atoms with E-state index in [1.54, 1.807) is 0 Å². The molecule has 1 aliphatic carbocycles. The van der Waals surface area contributed by atoms with Crippen molar-refractivity contribution in [3.8, 4) is 0 Å². The lowest BCUT2D eigenvalue weighted by atomic mass is 10.0. The van der Waals surface area contributed by atoms with Crippen LogP contribution >= 0.6 is 0 Å². The Bertz CT molecular complexity index is 653. The zero-order chi connectivity index (χ0) is 15.7. The minimum atomic E-state index is -2.17. The van der Waals surface area contributed by atoms with Crippen molar-refractivity contribution in [3.63, 3.8) is 0 Å². The lowest BCUT2D eigenvalue weighted by Gasteiger charge is -2.06. The van der Waals surface area contributed by atoms with Crippen molar-refractivity contribution in [3.05, 3.63) is 46.7 Å². The van der Waals surface area contributed by atoms with Crippen LogP contribution in [0.25, 0.3) is 0 Å². The van der Waals surface area contributed by atoms with E-state index >= 15 is 0 Å². The van der Waals surface area contributed by atoms with Gasteiger partial charge in [-0.25, -0.2) is 22.4 Å². The topological polar surface area (TPSA) is 66.4 Å². The highest BCUT2D eigenvalue weighted by Gasteiger charge is 2.28. The number of nitrogens with one attached hydrogen (secondary N) is 1. The zero-order valence-corrected chi connectivity index (χ0v) is 10.4. The van der Waals surface area contributed by atoms with Gasteiger partial charge >= 0.3 is 5.97 Å². The van der Waals surface area contributed by atoms with Gasteiger partial charge in [0, 0.05) is 12.2 Å². The summed E-state index contributed by atoms with van der Waals surface area (Å²) in [5.41, 5.74) is -2.08. The van der Waals surface area contributed by atoms with Crippen LogP contribution in [0.4, 0.5) is 17.6 Å². The molecule has 1 saturated carbocycles. The van der Waals surface area contributed by atoms with Gasteiger partial charge in [0.1, 0.15) is 5.57 Å². The fourth-order valence-corrected chi connectivity index (χ4v) is 1.56. The standard InChI is InChI=1S/C13H9F4NO3/c14-8-3-6(9(15)11(17)10(8)16)12(19)7(13(20)21)4-18-5-1-2-5/h3-5,18H,1-2H2,(H,20,21)/b7-4-. The number of carboxylic acids is 1. The number of aliphatic carboxylic acids is 1. The first-order valence-corrected chi connectivity index (χ1v) is 5.90. The quantitative estimate of drug-likeness (QED) is 0.166. The summed E-state index contributed by atoms with van der Waals surface area (Å²) in [6.07, 6.45) is 2.42. The first-order valence-electron chi connectivity index (χ1n) is 5.90. The highest BCUT2D eigenvalue weighted by Crippen LogP contribution is 2.22. The van der Waals surface area contributed by atoms with Gasteiger partial charge in [0.2, 0.25) is 5.78 Å². The molecule has 2 rings (SSSR count). The number of halogens is 4. The van der Waals surface area contributed by atoms with E-state index in [1.165, 1.54) is 0 Å². The third-order valence-electron chi connectivity index (χ3n) is 2.86. The molecule has 1 aliphatic rings. The zero-order valence-electron chi connectivity index (χ0n) is 10.4. The van der Waals surface area contributed by atoms with Crippen LogP contribution in [0, 0.1) is 23.3 Å². The van der Waals surface area contributed by atoms with Gasteiger partial charge in [-0.1, -0.05) is 0 Å². The maximum absolute atomic E-state index is 13.5. The number of ketones is 1. The Kier molecular flexibility index (Phi) is 3.97. The number of carboxylic acid groups (broad SMARTS) is 1.